The number of aliphatic imine (C=N–C) groups is 2. The Hall–Kier alpha value is -4.30. The number of nitrogens with zero attached hydrogens (tertiary/aromatic N) is 6. The van der Waals surface area contributed by atoms with E-state index >= 15 is 0 Å². The number of hydrogen-bond acceptors (Lipinski definition) is 11. The molecule has 0 spiro atoms. The van der Waals surface area contributed by atoms with Crippen LogP contribution in [0.5, 0.6) is 17.4 Å². The smallest absolute Gasteiger partial charge is 0.243 e. The second kappa shape index (κ2) is 14.0. The molecule has 0 bridgehead atoms. The highest BCUT2D eigenvalue weighted by Gasteiger charge is 2.35. The van der Waals surface area contributed by atoms with E-state index in [1.807, 2.05) is 13.8 Å². The summed E-state index contributed by atoms with van der Waals surface area (Å²) in [6.07, 6.45) is 0.324. The highest BCUT2D eigenvalue weighted by atomic mass is 32.2. The quantitative estimate of drug-likeness (QED) is 0.267. The molecule has 3 rings (SSSR count). The number of methoxy groups -OCH3 is 3. The first-order chi connectivity index (χ1) is 20.0. The first-order valence-corrected chi connectivity index (χ1v) is 14.5. The van der Waals surface area contributed by atoms with Gasteiger partial charge in [0.1, 0.15) is 34.2 Å². The number of nitrogens with one attached hydrogen (secondary N) is 1. The molecule has 0 unspecified atom stereocenters. The molecule has 2 aromatic heterocycles. The Morgan fingerprint density at radius 3 is 2.21 bits per heavy atom. The number of aromatic nitrogens is 4. The number of sulfonamides is 1. The summed E-state index contributed by atoms with van der Waals surface area (Å²) in [7, 11) is 0.316. The summed E-state index contributed by atoms with van der Waals surface area (Å²) in [5, 5.41) is 7.41. The first kappa shape index (κ1) is 32.2. The van der Waals surface area contributed by atoms with Crippen LogP contribution in [0.2, 0.25) is 0 Å². The predicted octanol–water partition coefficient (Wildman–Crippen LogP) is 4.30. The van der Waals surface area contributed by atoms with Crippen LogP contribution in [-0.4, -0.2) is 79.4 Å². The summed E-state index contributed by atoms with van der Waals surface area (Å²) in [5.41, 5.74) is 1.75. The maximum atomic E-state index is 13.9. The van der Waals surface area contributed by atoms with E-state index in [0.717, 1.165) is 0 Å². The number of para-hydroxylation sites is 1. The van der Waals surface area contributed by atoms with Crippen molar-refractivity contribution in [2.45, 2.75) is 52.1 Å². The summed E-state index contributed by atoms with van der Waals surface area (Å²) < 4.78 is 54.4. The van der Waals surface area contributed by atoms with Crippen LogP contribution in [0.4, 0.5) is 5.95 Å². The second-order valence-electron chi connectivity index (χ2n) is 9.42. The highest BCUT2D eigenvalue weighted by molar-refractivity contribution is 7.93. The zero-order valence-corrected chi connectivity index (χ0v) is 25.8. The van der Waals surface area contributed by atoms with Gasteiger partial charge < -0.3 is 18.9 Å². The SMILES string of the molecule is C=N/C(C)=C\N=C(/C)[C@H](OC(C)C)[C@H](C)S(=O)(=O)Nc1nnc(-c2cccc(OC)n2)n1-c1c(OC)cccc1OC. The van der Waals surface area contributed by atoms with Crippen molar-refractivity contribution in [2.24, 2.45) is 9.98 Å². The zero-order valence-electron chi connectivity index (χ0n) is 25.0. The molecule has 0 fully saturated rings. The molecule has 2 atom stereocenters. The lowest BCUT2D eigenvalue weighted by molar-refractivity contribution is 0.0462. The van der Waals surface area contributed by atoms with Gasteiger partial charge in [-0.05, 0) is 59.5 Å². The normalized spacial score (nSPS) is 13.9. The molecule has 1 N–H and O–H groups in total. The number of hydrogen-bond donors (Lipinski definition) is 1. The molecule has 3 aromatic rings. The van der Waals surface area contributed by atoms with Gasteiger partial charge in [-0.3, -0.25) is 19.3 Å². The van der Waals surface area contributed by atoms with E-state index in [-0.39, 0.29) is 17.9 Å². The Morgan fingerprint density at radius 1 is 1.00 bits per heavy atom. The van der Waals surface area contributed by atoms with E-state index in [1.165, 1.54) is 39.0 Å². The monoisotopic (exact) mass is 599 g/mol. The fraction of sp³-hybridized carbons (Fsp3) is 0.393. The largest absolute Gasteiger partial charge is 0.494 e. The van der Waals surface area contributed by atoms with E-state index in [2.05, 4.69) is 36.6 Å². The van der Waals surface area contributed by atoms with Crippen LogP contribution < -0.4 is 18.9 Å². The van der Waals surface area contributed by atoms with Gasteiger partial charge in [-0.15, -0.1) is 10.2 Å². The maximum absolute atomic E-state index is 13.9. The first-order valence-electron chi connectivity index (χ1n) is 13.0. The number of benzene rings is 1. The van der Waals surface area contributed by atoms with Gasteiger partial charge in [-0.2, -0.15) is 0 Å². The average Bonchev–Trinajstić information content (AvgIpc) is 3.39. The summed E-state index contributed by atoms with van der Waals surface area (Å²) in [6.45, 7) is 12.1. The lowest BCUT2D eigenvalue weighted by Crippen LogP contribution is -2.43. The lowest BCUT2D eigenvalue weighted by Gasteiger charge is -2.26. The van der Waals surface area contributed by atoms with E-state index in [4.69, 9.17) is 18.9 Å². The molecular formula is C28H37N7O6S. The molecule has 226 valence electrons. The van der Waals surface area contributed by atoms with E-state index in [0.29, 0.717) is 40.2 Å². The van der Waals surface area contributed by atoms with Gasteiger partial charge in [0.25, 0.3) is 0 Å². The van der Waals surface area contributed by atoms with Gasteiger partial charge in [0.2, 0.25) is 21.9 Å². The molecule has 42 heavy (non-hydrogen) atoms. The van der Waals surface area contributed by atoms with Crippen LogP contribution in [0, 0.1) is 0 Å². The number of rotatable bonds is 14. The summed E-state index contributed by atoms with van der Waals surface area (Å²) >= 11 is 0. The van der Waals surface area contributed by atoms with Crippen LogP contribution in [0.15, 0.2) is 58.3 Å². The number of anilines is 1. The molecule has 0 saturated carbocycles. The Kier molecular flexibility index (Phi) is 10.8. The zero-order chi connectivity index (χ0) is 31.0. The summed E-state index contributed by atoms with van der Waals surface area (Å²) in [6, 6.07) is 10.3. The highest BCUT2D eigenvalue weighted by Crippen LogP contribution is 2.37. The van der Waals surface area contributed by atoms with Crippen molar-refractivity contribution >= 4 is 28.4 Å². The van der Waals surface area contributed by atoms with Crippen LogP contribution in [-0.2, 0) is 14.8 Å². The van der Waals surface area contributed by atoms with Crippen molar-refractivity contribution < 1.29 is 27.4 Å². The molecule has 2 heterocycles. The van der Waals surface area contributed by atoms with Crippen molar-refractivity contribution in [3.8, 4) is 34.6 Å². The third-order valence-electron chi connectivity index (χ3n) is 6.13. The maximum Gasteiger partial charge on any atom is 0.243 e. The second-order valence-corrected chi connectivity index (χ2v) is 11.5. The Balaban J connectivity index is 2.19. The summed E-state index contributed by atoms with van der Waals surface area (Å²) in [5.74, 6) is 1.20. The van der Waals surface area contributed by atoms with Crippen molar-refractivity contribution in [1.29, 1.82) is 0 Å². The minimum absolute atomic E-state index is 0.117. The molecule has 0 amide bonds. The third kappa shape index (κ3) is 7.31. The topological polar surface area (TPSA) is 151 Å². The Labute approximate surface area is 246 Å². The summed E-state index contributed by atoms with van der Waals surface area (Å²) in [4.78, 5) is 12.7. The Bertz CT molecular complexity index is 1540. The Morgan fingerprint density at radius 2 is 1.64 bits per heavy atom. The molecule has 1 aromatic carbocycles. The van der Waals surface area contributed by atoms with Crippen LogP contribution in [0.25, 0.3) is 17.2 Å². The van der Waals surface area contributed by atoms with Crippen molar-refractivity contribution in [3.63, 3.8) is 0 Å². The van der Waals surface area contributed by atoms with Crippen molar-refractivity contribution in [3.05, 3.63) is 48.3 Å². The fourth-order valence-corrected chi connectivity index (χ4v) is 5.13. The number of pyridine rings is 1. The van der Waals surface area contributed by atoms with Crippen LogP contribution in [0.1, 0.15) is 34.6 Å². The van der Waals surface area contributed by atoms with Gasteiger partial charge in [0.15, 0.2) is 5.82 Å². The van der Waals surface area contributed by atoms with Crippen molar-refractivity contribution in [1.82, 2.24) is 19.7 Å². The molecule has 14 heteroatoms. The number of ether oxygens (including phenoxy) is 4. The minimum Gasteiger partial charge on any atom is -0.494 e. The average molecular weight is 600 g/mol. The van der Waals surface area contributed by atoms with Gasteiger partial charge >= 0.3 is 0 Å². The molecule has 13 nitrogen and oxygen atoms in total. The van der Waals surface area contributed by atoms with Crippen molar-refractivity contribution in [2.75, 3.05) is 26.1 Å². The van der Waals surface area contributed by atoms with E-state index in [1.54, 1.807) is 50.2 Å². The van der Waals surface area contributed by atoms with E-state index in [9.17, 15) is 8.42 Å². The van der Waals surface area contributed by atoms with Gasteiger partial charge in [0, 0.05) is 18.0 Å². The number of allylic oxidation sites excluding steroid dienone is 1. The molecule has 0 aliphatic rings. The van der Waals surface area contributed by atoms with E-state index < -0.39 is 21.4 Å². The fourth-order valence-electron chi connectivity index (χ4n) is 3.97. The minimum atomic E-state index is -4.16. The molecule has 0 aliphatic heterocycles. The van der Waals surface area contributed by atoms with Gasteiger partial charge in [-0.25, -0.2) is 13.4 Å². The van der Waals surface area contributed by atoms with Gasteiger partial charge in [-0.1, -0.05) is 12.1 Å². The third-order valence-corrected chi connectivity index (χ3v) is 7.83. The lowest BCUT2D eigenvalue weighted by atomic mass is 10.2. The standard InChI is InChI=1S/C28H37N7O6S/c1-17(2)41-26(19(4)30-16-18(3)29-6)20(5)42(36,37)34-28-33-32-27(21-12-10-15-24(31-21)40-9)35(28)25-22(38-7)13-11-14-23(25)39-8/h10-17,20,26H,6H2,1-5,7-9H3,(H,33,34)/b18-16-,30-19+/t20-,26-/m0/s1. The molecule has 0 aliphatic carbocycles. The molecule has 0 saturated heterocycles. The predicted molar refractivity (Wildman–Crippen MR) is 163 cm³/mol. The van der Waals surface area contributed by atoms with Crippen LogP contribution >= 0.6 is 0 Å². The molecular weight excluding hydrogens is 562 g/mol. The van der Waals surface area contributed by atoms with Crippen LogP contribution in [0.3, 0.4) is 0 Å². The van der Waals surface area contributed by atoms with Gasteiger partial charge in [0.05, 0.1) is 33.1 Å². The molecule has 0 radical (unpaired) electrons.